The number of Topliss-reactive ketones (excluding diaryl/α,β-unsaturated/α-hetero) is 1. The Morgan fingerprint density at radius 1 is 1.15 bits per heavy atom. The van der Waals surface area contributed by atoms with Crippen molar-refractivity contribution in [3.8, 4) is 0 Å². The molecule has 1 nitrogen and oxygen atoms in total. The summed E-state index contributed by atoms with van der Waals surface area (Å²) in [6, 6.07) is 0. The van der Waals surface area contributed by atoms with E-state index < -0.39 is 0 Å². The summed E-state index contributed by atoms with van der Waals surface area (Å²) < 4.78 is 0. The van der Waals surface area contributed by atoms with Crippen LogP contribution in [0.3, 0.4) is 0 Å². The average molecular weight is 178 g/mol. The molecule has 2 aliphatic rings. The Hall–Kier alpha value is -0.590. The van der Waals surface area contributed by atoms with E-state index in [0.29, 0.717) is 17.6 Å². The molecule has 0 heterocycles. The topological polar surface area (TPSA) is 17.1 Å². The minimum atomic E-state index is 0.380. The number of rotatable bonds is 1. The van der Waals surface area contributed by atoms with Gasteiger partial charge in [-0.15, -0.1) is 0 Å². The first-order valence-corrected chi connectivity index (χ1v) is 5.57. The fourth-order valence-electron chi connectivity index (χ4n) is 2.64. The van der Waals surface area contributed by atoms with Crippen molar-refractivity contribution in [1.29, 1.82) is 0 Å². The largest absolute Gasteiger partial charge is 0.299 e. The zero-order chi connectivity index (χ0) is 9.10. The molecule has 72 valence electrons. The van der Waals surface area contributed by atoms with Crippen LogP contribution in [0, 0.1) is 11.8 Å². The van der Waals surface area contributed by atoms with E-state index in [4.69, 9.17) is 0 Å². The van der Waals surface area contributed by atoms with E-state index in [0.717, 1.165) is 19.3 Å². The smallest absolute Gasteiger partial charge is 0.136 e. The molecule has 1 fully saturated rings. The Labute approximate surface area is 80.2 Å². The van der Waals surface area contributed by atoms with Gasteiger partial charge < -0.3 is 0 Å². The van der Waals surface area contributed by atoms with Crippen LogP contribution in [0.1, 0.15) is 44.9 Å². The third-order valence-electron chi connectivity index (χ3n) is 3.41. The number of ketones is 1. The molecule has 2 aliphatic carbocycles. The predicted octanol–water partition coefficient (Wildman–Crippen LogP) is 3.10. The molecule has 1 heteroatoms. The third kappa shape index (κ3) is 2.01. The Morgan fingerprint density at radius 2 is 2.08 bits per heavy atom. The van der Waals surface area contributed by atoms with Gasteiger partial charge in [-0.2, -0.15) is 0 Å². The van der Waals surface area contributed by atoms with Gasteiger partial charge in [0, 0.05) is 12.3 Å². The van der Waals surface area contributed by atoms with Gasteiger partial charge in [0.1, 0.15) is 5.78 Å². The van der Waals surface area contributed by atoms with Crippen molar-refractivity contribution in [3.63, 3.8) is 0 Å². The van der Waals surface area contributed by atoms with E-state index in [9.17, 15) is 4.79 Å². The van der Waals surface area contributed by atoms with E-state index in [2.05, 4.69) is 12.2 Å². The monoisotopic (exact) mass is 178 g/mol. The molecule has 2 unspecified atom stereocenters. The molecule has 0 bridgehead atoms. The molecule has 0 aliphatic heterocycles. The third-order valence-corrected chi connectivity index (χ3v) is 3.41. The molecule has 0 spiro atoms. The highest BCUT2D eigenvalue weighted by Gasteiger charge is 2.28. The molecule has 0 N–H and O–H groups in total. The standard InChI is InChI=1S/C12H18O/c13-12-9-5-4-8-11(12)10-6-2-1-3-7-10/h2,6,10-11H,1,3-5,7-9H2. The van der Waals surface area contributed by atoms with Crippen molar-refractivity contribution in [3.05, 3.63) is 12.2 Å². The normalized spacial score (nSPS) is 34.9. The molecule has 0 saturated heterocycles. The zero-order valence-corrected chi connectivity index (χ0v) is 8.17. The van der Waals surface area contributed by atoms with Gasteiger partial charge in [0.05, 0.1) is 0 Å². The fourth-order valence-corrected chi connectivity index (χ4v) is 2.64. The minimum Gasteiger partial charge on any atom is -0.299 e. The molecule has 0 amide bonds. The SMILES string of the molecule is O=C1CCCCC1C1C=CCCC1. The molecule has 2 rings (SSSR count). The maximum Gasteiger partial charge on any atom is 0.136 e. The van der Waals surface area contributed by atoms with Crippen LogP contribution < -0.4 is 0 Å². The highest BCUT2D eigenvalue weighted by molar-refractivity contribution is 5.82. The van der Waals surface area contributed by atoms with Crippen LogP contribution in [-0.2, 0) is 4.79 Å². The van der Waals surface area contributed by atoms with Crippen LogP contribution in [0.5, 0.6) is 0 Å². The molecule has 0 aromatic rings. The lowest BCUT2D eigenvalue weighted by atomic mass is 9.75. The van der Waals surface area contributed by atoms with E-state index in [1.807, 2.05) is 0 Å². The lowest BCUT2D eigenvalue weighted by molar-refractivity contribution is -0.125. The van der Waals surface area contributed by atoms with Gasteiger partial charge >= 0.3 is 0 Å². The first-order chi connectivity index (χ1) is 6.38. The van der Waals surface area contributed by atoms with E-state index in [1.54, 1.807) is 0 Å². The van der Waals surface area contributed by atoms with Gasteiger partial charge in [0.15, 0.2) is 0 Å². The second kappa shape index (κ2) is 4.08. The molecule has 0 aromatic carbocycles. The van der Waals surface area contributed by atoms with Gasteiger partial charge in [-0.3, -0.25) is 4.79 Å². The molecule has 1 saturated carbocycles. The lowest BCUT2D eigenvalue weighted by Gasteiger charge is -2.28. The summed E-state index contributed by atoms with van der Waals surface area (Å²) in [6.45, 7) is 0. The Balaban J connectivity index is 2.00. The van der Waals surface area contributed by atoms with Crippen molar-refractivity contribution in [2.24, 2.45) is 11.8 Å². The van der Waals surface area contributed by atoms with Crippen molar-refractivity contribution in [2.45, 2.75) is 44.9 Å². The zero-order valence-electron chi connectivity index (χ0n) is 8.17. The Kier molecular flexibility index (Phi) is 2.82. The molecule has 13 heavy (non-hydrogen) atoms. The van der Waals surface area contributed by atoms with Crippen LogP contribution in [0.4, 0.5) is 0 Å². The number of allylic oxidation sites excluding steroid dienone is 2. The van der Waals surface area contributed by atoms with Crippen LogP contribution in [-0.4, -0.2) is 5.78 Å². The van der Waals surface area contributed by atoms with Crippen LogP contribution in [0.2, 0.25) is 0 Å². The summed E-state index contributed by atoms with van der Waals surface area (Å²) in [5, 5.41) is 0. The van der Waals surface area contributed by atoms with E-state index in [-0.39, 0.29) is 0 Å². The summed E-state index contributed by atoms with van der Waals surface area (Å²) in [7, 11) is 0. The highest BCUT2D eigenvalue weighted by atomic mass is 16.1. The van der Waals surface area contributed by atoms with Crippen molar-refractivity contribution >= 4 is 5.78 Å². The number of carbonyl (C=O) groups excluding carboxylic acids is 1. The second-order valence-corrected chi connectivity index (χ2v) is 4.34. The van der Waals surface area contributed by atoms with Gasteiger partial charge in [-0.25, -0.2) is 0 Å². The quantitative estimate of drug-likeness (QED) is 0.564. The van der Waals surface area contributed by atoms with Crippen LogP contribution in [0.25, 0.3) is 0 Å². The van der Waals surface area contributed by atoms with Crippen LogP contribution >= 0.6 is 0 Å². The number of hydrogen-bond donors (Lipinski definition) is 0. The predicted molar refractivity (Wildman–Crippen MR) is 53.4 cm³/mol. The van der Waals surface area contributed by atoms with E-state index >= 15 is 0 Å². The second-order valence-electron chi connectivity index (χ2n) is 4.34. The average Bonchev–Trinajstić information content (AvgIpc) is 2.20. The molecular formula is C12H18O. The maximum atomic E-state index is 11.7. The van der Waals surface area contributed by atoms with Crippen LogP contribution in [0.15, 0.2) is 12.2 Å². The molecule has 2 atom stereocenters. The summed E-state index contributed by atoms with van der Waals surface area (Å²) in [5.74, 6) is 1.50. The van der Waals surface area contributed by atoms with Gasteiger partial charge in [0.2, 0.25) is 0 Å². The Morgan fingerprint density at radius 3 is 2.77 bits per heavy atom. The fraction of sp³-hybridized carbons (Fsp3) is 0.750. The first kappa shape index (κ1) is 8.98. The minimum absolute atomic E-state index is 0.380. The maximum absolute atomic E-state index is 11.7. The molecular weight excluding hydrogens is 160 g/mol. The Bertz CT molecular complexity index is 217. The lowest BCUT2D eigenvalue weighted by Crippen LogP contribution is -2.26. The van der Waals surface area contributed by atoms with Crippen molar-refractivity contribution in [1.82, 2.24) is 0 Å². The van der Waals surface area contributed by atoms with Crippen molar-refractivity contribution in [2.75, 3.05) is 0 Å². The molecule has 0 radical (unpaired) electrons. The van der Waals surface area contributed by atoms with E-state index in [1.165, 1.54) is 25.7 Å². The summed E-state index contributed by atoms with van der Waals surface area (Å²) in [4.78, 5) is 11.7. The first-order valence-electron chi connectivity index (χ1n) is 5.57. The van der Waals surface area contributed by atoms with Gasteiger partial charge in [-0.05, 0) is 38.0 Å². The number of carbonyl (C=O) groups is 1. The van der Waals surface area contributed by atoms with Crippen molar-refractivity contribution < 1.29 is 4.79 Å². The summed E-state index contributed by atoms with van der Waals surface area (Å²) in [5.41, 5.74) is 0. The summed E-state index contributed by atoms with van der Waals surface area (Å²) in [6.07, 6.45) is 12.7. The highest BCUT2D eigenvalue weighted by Crippen LogP contribution is 2.33. The van der Waals surface area contributed by atoms with Gasteiger partial charge in [-0.1, -0.05) is 18.6 Å². The number of hydrogen-bond acceptors (Lipinski definition) is 1. The van der Waals surface area contributed by atoms with Gasteiger partial charge in [0.25, 0.3) is 0 Å². The molecule has 0 aromatic heterocycles. The summed E-state index contributed by atoms with van der Waals surface area (Å²) >= 11 is 0.